The van der Waals surface area contributed by atoms with Crippen molar-refractivity contribution in [1.29, 1.82) is 0 Å². The summed E-state index contributed by atoms with van der Waals surface area (Å²) in [7, 11) is 0. The predicted octanol–water partition coefficient (Wildman–Crippen LogP) is 3.41. The van der Waals surface area contributed by atoms with Crippen LogP contribution < -0.4 is 5.73 Å². The minimum atomic E-state index is -2.57. The topological polar surface area (TPSA) is 26.0 Å². The summed E-state index contributed by atoms with van der Waals surface area (Å²) in [6.45, 7) is 0.941. The first-order valence-electron chi connectivity index (χ1n) is 4.33. The highest BCUT2D eigenvalue weighted by Gasteiger charge is 2.19. The van der Waals surface area contributed by atoms with E-state index in [1.807, 2.05) is 12.1 Å². The summed E-state index contributed by atoms with van der Waals surface area (Å²) in [6.07, 6.45) is -0.0952. The second kappa shape index (κ2) is 4.64. The van der Waals surface area contributed by atoms with E-state index >= 15 is 0 Å². The van der Waals surface area contributed by atoms with E-state index < -0.39 is 5.92 Å². The summed E-state index contributed by atoms with van der Waals surface area (Å²) in [5, 5.41) is 0. The molecule has 1 aromatic carbocycles. The summed E-state index contributed by atoms with van der Waals surface area (Å²) in [4.78, 5) is 0.975. The molecule has 0 saturated heterocycles. The lowest BCUT2D eigenvalue weighted by Gasteiger charge is -2.08. The molecule has 14 heavy (non-hydrogen) atoms. The third kappa shape index (κ3) is 4.46. The van der Waals surface area contributed by atoms with Gasteiger partial charge in [-0.15, -0.1) is 11.8 Å². The van der Waals surface area contributed by atoms with Gasteiger partial charge in [0.25, 0.3) is 0 Å². The van der Waals surface area contributed by atoms with Crippen LogP contribution in [0.4, 0.5) is 14.5 Å². The van der Waals surface area contributed by atoms with Crippen molar-refractivity contribution in [3.63, 3.8) is 0 Å². The van der Waals surface area contributed by atoms with E-state index in [4.69, 9.17) is 5.73 Å². The van der Waals surface area contributed by atoms with Crippen LogP contribution in [-0.4, -0.2) is 11.7 Å². The minimum absolute atomic E-state index is 0.0952. The first-order chi connectivity index (χ1) is 6.47. The number of hydrogen-bond donors (Lipinski definition) is 1. The van der Waals surface area contributed by atoms with Gasteiger partial charge in [-0.05, 0) is 31.2 Å². The molecule has 0 atom stereocenters. The van der Waals surface area contributed by atoms with Crippen LogP contribution in [-0.2, 0) is 0 Å². The fourth-order valence-electron chi connectivity index (χ4n) is 0.912. The molecule has 0 aliphatic rings. The van der Waals surface area contributed by atoms with E-state index in [2.05, 4.69) is 0 Å². The average Bonchev–Trinajstić information content (AvgIpc) is 2.06. The molecule has 1 aromatic rings. The maximum absolute atomic E-state index is 12.5. The van der Waals surface area contributed by atoms with E-state index in [1.165, 1.54) is 11.8 Å². The molecule has 0 bridgehead atoms. The molecule has 0 fully saturated rings. The summed E-state index contributed by atoms with van der Waals surface area (Å²) in [5.74, 6) is -2.14. The van der Waals surface area contributed by atoms with Crippen LogP contribution in [0, 0.1) is 0 Å². The number of halogens is 2. The van der Waals surface area contributed by atoms with E-state index in [9.17, 15) is 8.78 Å². The van der Waals surface area contributed by atoms with Gasteiger partial charge in [0.1, 0.15) is 0 Å². The fourth-order valence-corrected chi connectivity index (χ4v) is 1.94. The van der Waals surface area contributed by atoms with Crippen LogP contribution in [0.15, 0.2) is 29.2 Å². The van der Waals surface area contributed by atoms with Gasteiger partial charge in [0.05, 0.1) is 0 Å². The molecule has 0 unspecified atom stereocenters. The molecular formula is C10H13F2NS. The lowest BCUT2D eigenvalue weighted by Crippen LogP contribution is -2.10. The summed E-state index contributed by atoms with van der Waals surface area (Å²) < 4.78 is 24.9. The van der Waals surface area contributed by atoms with E-state index in [0.717, 1.165) is 11.8 Å². The zero-order valence-corrected chi connectivity index (χ0v) is 8.78. The summed E-state index contributed by atoms with van der Waals surface area (Å²) in [6, 6.07) is 7.22. The van der Waals surface area contributed by atoms with Crippen molar-refractivity contribution >= 4 is 17.4 Å². The highest BCUT2D eigenvalue weighted by Crippen LogP contribution is 2.25. The Kier molecular flexibility index (Phi) is 3.75. The first-order valence-corrected chi connectivity index (χ1v) is 5.32. The van der Waals surface area contributed by atoms with Crippen LogP contribution in [0.5, 0.6) is 0 Å². The minimum Gasteiger partial charge on any atom is -0.399 e. The molecule has 2 N–H and O–H groups in total. The van der Waals surface area contributed by atoms with Gasteiger partial charge in [-0.25, -0.2) is 8.78 Å². The Morgan fingerprint density at radius 1 is 1.29 bits per heavy atom. The van der Waals surface area contributed by atoms with Crippen LogP contribution in [0.3, 0.4) is 0 Å². The van der Waals surface area contributed by atoms with E-state index in [-0.39, 0.29) is 6.42 Å². The van der Waals surface area contributed by atoms with Gasteiger partial charge in [0, 0.05) is 22.8 Å². The lowest BCUT2D eigenvalue weighted by molar-refractivity contribution is 0.0194. The first kappa shape index (κ1) is 11.3. The Labute approximate surface area is 86.7 Å². The lowest BCUT2D eigenvalue weighted by atomic mass is 10.3. The van der Waals surface area contributed by atoms with E-state index in [0.29, 0.717) is 11.4 Å². The van der Waals surface area contributed by atoms with Gasteiger partial charge in [-0.3, -0.25) is 0 Å². The average molecular weight is 217 g/mol. The molecule has 0 spiro atoms. The fraction of sp³-hybridized carbons (Fsp3) is 0.400. The Bertz CT molecular complexity index is 279. The molecule has 1 nitrogen and oxygen atoms in total. The standard InChI is InChI=1S/C10H13F2NS/c1-10(11,12)6-7-14-9-4-2-8(13)3-5-9/h2-5H,6-7,13H2,1H3. The maximum Gasteiger partial charge on any atom is 0.246 e. The Morgan fingerprint density at radius 2 is 1.86 bits per heavy atom. The number of rotatable bonds is 4. The van der Waals surface area contributed by atoms with Crippen LogP contribution >= 0.6 is 11.8 Å². The molecule has 0 aliphatic heterocycles. The third-order valence-electron chi connectivity index (χ3n) is 1.69. The zero-order chi connectivity index (χ0) is 10.6. The molecular weight excluding hydrogens is 204 g/mol. The largest absolute Gasteiger partial charge is 0.399 e. The van der Waals surface area contributed by atoms with Crippen molar-refractivity contribution in [1.82, 2.24) is 0 Å². The van der Waals surface area contributed by atoms with Gasteiger partial charge >= 0.3 is 0 Å². The molecule has 0 saturated carbocycles. The number of hydrogen-bond acceptors (Lipinski definition) is 2. The molecule has 0 amide bonds. The highest BCUT2D eigenvalue weighted by molar-refractivity contribution is 7.99. The van der Waals surface area contributed by atoms with Gasteiger partial charge in [-0.1, -0.05) is 0 Å². The zero-order valence-electron chi connectivity index (χ0n) is 7.97. The molecule has 78 valence electrons. The number of nitrogen functional groups attached to an aromatic ring is 1. The predicted molar refractivity (Wildman–Crippen MR) is 56.8 cm³/mol. The quantitative estimate of drug-likeness (QED) is 0.618. The van der Waals surface area contributed by atoms with Gasteiger partial charge in [0.2, 0.25) is 5.92 Å². The van der Waals surface area contributed by atoms with Crippen molar-refractivity contribution in [3.8, 4) is 0 Å². The SMILES string of the molecule is CC(F)(F)CCSc1ccc(N)cc1. The highest BCUT2D eigenvalue weighted by atomic mass is 32.2. The maximum atomic E-state index is 12.5. The summed E-state index contributed by atoms with van der Waals surface area (Å²) in [5.41, 5.74) is 6.19. The number of nitrogens with two attached hydrogens (primary N) is 1. The molecule has 0 heterocycles. The van der Waals surface area contributed by atoms with Crippen LogP contribution in [0.1, 0.15) is 13.3 Å². The van der Waals surface area contributed by atoms with E-state index in [1.54, 1.807) is 12.1 Å². The Morgan fingerprint density at radius 3 is 2.36 bits per heavy atom. The smallest absolute Gasteiger partial charge is 0.246 e. The molecule has 0 radical (unpaired) electrons. The van der Waals surface area contributed by atoms with Crippen molar-refractivity contribution in [2.45, 2.75) is 24.2 Å². The van der Waals surface area contributed by atoms with Crippen molar-refractivity contribution in [2.24, 2.45) is 0 Å². The second-order valence-electron chi connectivity index (χ2n) is 3.24. The third-order valence-corrected chi connectivity index (χ3v) is 2.70. The molecule has 4 heteroatoms. The number of anilines is 1. The second-order valence-corrected chi connectivity index (χ2v) is 4.41. The number of thioether (sulfide) groups is 1. The number of benzene rings is 1. The summed E-state index contributed by atoms with van der Waals surface area (Å²) >= 11 is 1.42. The molecule has 0 aliphatic carbocycles. The van der Waals surface area contributed by atoms with Crippen LogP contribution in [0.2, 0.25) is 0 Å². The number of alkyl halides is 2. The Balaban J connectivity index is 2.35. The van der Waals surface area contributed by atoms with Crippen molar-refractivity contribution < 1.29 is 8.78 Å². The van der Waals surface area contributed by atoms with Crippen molar-refractivity contribution in [3.05, 3.63) is 24.3 Å². The van der Waals surface area contributed by atoms with Crippen molar-refractivity contribution in [2.75, 3.05) is 11.5 Å². The van der Waals surface area contributed by atoms with Gasteiger partial charge in [0.15, 0.2) is 0 Å². The van der Waals surface area contributed by atoms with Gasteiger partial charge in [-0.2, -0.15) is 0 Å². The molecule has 1 rings (SSSR count). The van der Waals surface area contributed by atoms with Crippen LogP contribution in [0.25, 0.3) is 0 Å². The molecule has 0 aromatic heterocycles. The monoisotopic (exact) mass is 217 g/mol. The normalized spacial score (nSPS) is 11.6. The van der Waals surface area contributed by atoms with Gasteiger partial charge < -0.3 is 5.73 Å². The Hall–Kier alpha value is -0.770.